The highest BCUT2D eigenvalue weighted by Gasteiger charge is 2.24. The molecule has 2 rings (SSSR count). The fourth-order valence-corrected chi connectivity index (χ4v) is 2.49. The van der Waals surface area contributed by atoms with Gasteiger partial charge in [-0.1, -0.05) is 25.1 Å². The molecule has 0 unspecified atom stereocenters. The van der Waals surface area contributed by atoms with E-state index in [2.05, 4.69) is 0 Å². The number of para-hydroxylation sites is 1. The summed E-state index contributed by atoms with van der Waals surface area (Å²) in [7, 11) is 0. The van der Waals surface area contributed by atoms with Gasteiger partial charge in [0.2, 0.25) is 0 Å². The zero-order valence-electron chi connectivity index (χ0n) is 10.4. The van der Waals surface area contributed by atoms with Gasteiger partial charge in [-0.15, -0.1) is 0 Å². The Hall–Kier alpha value is -1.06. The Balaban J connectivity index is 2.20. The molecule has 0 aliphatic carbocycles. The smallest absolute Gasteiger partial charge is 0.123 e. The van der Waals surface area contributed by atoms with Crippen LogP contribution in [0.1, 0.15) is 36.9 Å². The van der Waals surface area contributed by atoms with E-state index in [1.807, 2.05) is 25.1 Å². The van der Waals surface area contributed by atoms with E-state index in [0.29, 0.717) is 11.7 Å². The van der Waals surface area contributed by atoms with Crippen LogP contribution in [0.5, 0.6) is 5.75 Å². The zero-order chi connectivity index (χ0) is 12.3. The maximum atomic E-state index is 10.2. The molecule has 1 aliphatic heterocycles. The molecule has 1 aromatic carbocycles. The quantitative estimate of drug-likeness (QED) is 0.845. The number of rotatable bonds is 3. The van der Waals surface area contributed by atoms with Crippen LogP contribution in [0, 0.1) is 5.92 Å². The molecule has 1 aromatic rings. The van der Waals surface area contributed by atoms with Crippen LogP contribution in [0.4, 0.5) is 0 Å². The zero-order valence-corrected chi connectivity index (χ0v) is 10.4. The van der Waals surface area contributed by atoms with Crippen molar-refractivity contribution in [2.75, 3.05) is 13.2 Å². The highest BCUT2D eigenvalue weighted by atomic mass is 16.5. The molecule has 94 valence electrons. The van der Waals surface area contributed by atoms with E-state index in [1.165, 1.54) is 0 Å². The summed E-state index contributed by atoms with van der Waals surface area (Å²) in [5.74, 6) is 0.802. The number of hydrogen-bond donors (Lipinski definition) is 2. The topological polar surface area (TPSA) is 55.5 Å². The van der Waals surface area contributed by atoms with Gasteiger partial charge in [-0.3, -0.25) is 0 Å². The molecule has 0 aromatic heterocycles. The standard InChI is InChI=1S/C14H21NO2/c1-2-10-4-3-5-12(14(10)16)13(15)11-6-8-17-9-7-11/h3-5,11,13,16H,2,6-9,15H2,1H3/t13-/m1/s1. The Morgan fingerprint density at radius 1 is 1.41 bits per heavy atom. The maximum absolute atomic E-state index is 10.2. The number of phenolic OH excluding ortho intramolecular Hbond substituents is 1. The molecule has 1 saturated heterocycles. The lowest BCUT2D eigenvalue weighted by molar-refractivity contribution is 0.0581. The summed E-state index contributed by atoms with van der Waals surface area (Å²) in [5, 5.41) is 10.2. The molecule has 3 nitrogen and oxygen atoms in total. The highest BCUT2D eigenvalue weighted by Crippen LogP contribution is 2.34. The molecule has 0 spiro atoms. The van der Waals surface area contributed by atoms with Crippen LogP contribution < -0.4 is 5.73 Å². The third-order valence-corrected chi connectivity index (χ3v) is 3.66. The average Bonchev–Trinajstić information content (AvgIpc) is 2.39. The second kappa shape index (κ2) is 5.52. The second-order valence-corrected chi connectivity index (χ2v) is 4.68. The molecule has 3 heteroatoms. The predicted octanol–water partition coefficient (Wildman–Crippen LogP) is 2.38. The molecular weight excluding hydrogens is 214 g/mol. The van der Waals surface area contributed by atoms with E-state index in [4.69, 9.17) is 10.5 Å². The Morgan fingerprint density at radius 3 is 2.76 bits per heavy atom. The van der Waals surface area contributed by atoms with Gasteiger partial charge in [0.1, 0.15) is 5.75 Å². The minimum atomic E-state index is -0.0783. The molecule has 1 aliphatic rings. The molecule has 1 heterocycles. The van der Waals surface area contributed by atoms with Gasteiger partial charge in [-0.25, -0.2) is 0 Å². The van der Waals surface area contributed by atoms with Crippen LogP contribution in [0.15, 0.2) is 18.2 Å². The molecule has 3 N–H and O–H groups in total. The van der Waals surface area contributed by atoms with E-state index in [-0.39, 0.29) is 6.04 Å². The number of phenols is 1. The fourth-order valence-electron chi connectivity index (χ4n) is 2.49. The first-order valence-electron chi connectivity index (χ1n) is 6.38. The van der Waals surface area contributed by atoms with Crippen LogP contribution in [0.25, 0.3) is 0 Å². The van der Waals surface area contributed by atoms with E-state index >= 15 is 0 Å². The van der Waals surface area contributed by atoms with E-state index < -0.39 is 0 Å². The Labute approximate surface area is 103 Å². The summed E-state index contributed by atoms with van der Waals surface area (Å²) < 4.78 is 5.34. The first-order valence-corrected chi connectivity index (χ1v) is 6.38. The van der Waals surface area contributed by atoms with Gasteiger partial charge >= 0.3 is 0 Å². The van der Waals surface area contributed by atoms with Gasteiger partial charge in [0.15, 0.2) is 0 Å². The summed E-state index contributed by atoms with van der Waals surface area (Å²) in [6.07, 6.45) is 2.80. The van der Waals surface area contributed by atoms with Crippen molar-refractivity contribution in [3.8, 4) is 5.75 Å². The third kappa shape index (κ3) is 2.61. The van der Waals surface area contributed by atoms with Crippen molar-refractivity contribution in [1.29, 1.82) is 0 Å². The van der Waals surface area contributed by atoms with Gasteiger partial charge < -0.3 is 15.6 Å². The number of aryl methyl sites for hydroxylation is 1. The number of nitrogens with two attached hydrogens (primary N) is 1. The Bertz CT molecular complexity index is 372. The summed E-state index contributed by atoms with van der Waals surface area (Å²) in [4.78, 5) is 0. The number of aromatic hydroxyl groups is 1. The van der Waals surface area contributed by atoms with E-state index in [0.717, 1.165) is 43.6 Å². The van der Waals surface area contributed by atoms with E-state index in [9.17, 15) is 5.11 Å². The minimum Gasteiger partial charge on any atom is -0.507 e. The number of hydrogen-bond acceptors (Lipinski definition) is 3. The molecule has 0 radical (unpaired) electrons. The van der Waals surface area contributed by atoms with Gasteiger partial charge in [0.05, 0.1) is 0 Å². The molecule has 0 amide bonds. The highest BCUT2D eigenvalue weighted by molar-refractivity contribution is 5.42. The molecule has 0 saturated carbocycles. The lowest BCUT2D eigenvalue weighted by Gasteiger charge is -2.28. The largest absolute Gasteiger partial charge is 0.507 e. The van der Waals surface area contributed by atoms with Gasteiger partial charge in [0.25, 0.3) is 0 Å². The molecular formula is C14H21NO2. The summed E-state index contributed by atoms with van der Waals surface area (Å²) in [5.41, 5.74) is 8.14. The van der Waals surface area contributed by atoms with Crippen molar-refractivity contribution >= 4 is 0 Å². The maximum Gasteiger partial charge on any atom is 0.123 e. The molecule has 1 fully saturated rings. The van der Waals surface area contributed by atoms with Crippen molar-refractivity contribution < 1.29 is 9.84 Å². The van der Waals surface area contributed by atoms with Crippen molar-refractivity contribution in [3.05, 3.63) is 29.3 Å². The number of ether oxygens (including phenoxy) is 1. The van der Waals surface area contributed by atoms with Crippen molar-refractivity contribution in [2.24, 2.45) is 11.7 Å². The monoisotopic (exact) mass is 235 g/mol. The molecule has 1 atom stereocenters. The molecule has 0 bridgehead atoms. The summed E-state index contributed by atoms with van der Waals surface area (Å²) in [6, 6.07) is 5.79. The minimum absolute atomic E-state index is 0.0783. The molecule has 17 heavy (non-hydrogen) atoms. The average molecular weight is 235 g/mol. The van der Waals surface area contributed by atoms with Crippen LogP contribution in [0.2, 0.25) is 0 Å². The predicted molar refractivity (Wildman–Crippen MR) is 68.0 cm³/mol. The van der Waals surface area contributed by atoms with Gasteiger partial charge in [-0.2, -0.15) is 0 Å². The van der Waals surface area contributed by atoms with Crippen LogP contribution in [-0.4, -0.2) is 18.3 Å². The van der Waals surface area contributed by atoms with Crippen molar-refractivity contribution in [2.45, 2.75) is 32.2 Å². The van der Waals surface area contributed by atoms with Gasteiger partial charge in [0, 0.05) is 24.8 Å². The van der Waals surface area contributed by atoms with Gasteiger partial charge in [-0.05, 0) is 30.7 Å². The Kier molecular flexibility index (Phi) is 4.02. The summed E-state index contributed by atoms with van der Waals surface area (Å²) >= 11 is 0. The second-order valence-electron chi connectivity index (χ2n) is 4.68. The lowest BCUT2D eigenvalue weighted by Crippen LogP contribution is -2.27. The Morgan fingerprint density at radius 2 is 2.12 bits per heavy atom. The van der Waals surface area contributed by atoms with Crippen LogP contribution >= 0.6 is 0 Å². The SMILES string of the molecule is CCc1cccc([C@H](N)C2CCOCC2)c1O. The first kappa shape index (κ1) is 12.4. The lowest BCUT2D eigenvalue weighted by atomic mass is 9.86. The fraction of sp³-hybridized carbons (Fsp3) is 0.571. The normalized spacial score (nSPS) is 19.2. The summed E-state index contributed by atoms with van der Waals surface area (Å²) in [6.45, 7) is 3.61. The first-order chi connectivity index (χ1) is 8.24. The van der Waals surface area contributed by atoms with E-state index in [1.54, 1.807) is 0 Å². The van der Waals surface area contributed by atoms with Crippen LogP contribution in [0.3, 0.4) is 0 Å². The van der Waals surface area contributed by atoms with Crippen LogP contribution in [-0.2, 0) is 11.2 Å². The third-order valence-electron chi connectivity index (χ3n) is 3.66. The van der Waals surface area contributed by atoms with Crippen molar-refractivity contribution in [1.82, 2.24) is 0 Å². The number of benzene rings is 1. The van der Waals surface area contributed by atoms with Crippen molar-refractivity contribution in [3.63, 3.8) is 0 Å².